The van der Waals surface area contributed by atoms with Gasteiger partial charge in [-0.25, -0.2) is 4.68 Å². The minimum absolute atomic E-state index is 0.0150. The van der Waals surface area contributed by atoms with E-state index in [4.69, 9.17) is 16.3 Å². The lowest BCUT2D eigenvalue weighted by molar-refractivity contribution is 0.0724. The number of nitrogens with zero attached hydrogens (tertiary/aromatic N) is 3. The van der Waals surface area contributed by atoms with Crippen LogP contribution in [0.3, 0.4) is 0 Å². The lowest BCUT2D eigenvalue weighted by Gasteiger charge is -2.25. The number of thiophene rings is 1. The van der Waals surface area contributed by atoms with Crippen LogP contribution >= 0.6 is 22.9 Å². The number of ether oxygens (including phenoxy) is 1. The zero-order valence-electron chi connectivity index (χ0n) is 13.6. The second-order valence-corrected chi connectivity index (χ2v) is 8.05. The molecule has 25 heavy (non-hydrogen) atoms. The highest BCUT2D eigenvalue weighted by Crippen LogP contribution is 2.27. The molecule has 4 rings (SSSR count). The number of hydrogen-bond acceptors (Lipinski definition) is 5. The Labute approximate surface area is 154 Å². The van der Waals surface area contributed by atoms with E-state index in [1.54, 1.807) is 18.2 Å². The van der Waals surface area contributed by atoms with Gasteiger partial charge in [0.2, 0.25) is 0 Å². The first-order chi connectivity index (χ1) is 12.1. The van der Waals surface area contributed by atoms with Crippen molar-refractivity contribution in [3.8, 4) is 0 Å². The molecule has 0 spiro atoms. The molecular formula is C17H18ClN3O3S. The third-order valence-corrected chi connectivity index (χ3v) is 5.93. The molecule has 4 heterocycles. The van der Waals surface area contributed by atoms with Crippen molar-refractivity contribution in [2.45, 2.75) is 38.5 Å². The third-order valence-electron chi connectivity index (χ3n) is 4.71. The molecule has 1 fully saturated rings. The first-order valence-corrected chi connectivity index (χ1v) is 9.55. The summed E-state index contributed by atoms with van der Waals surface area (Å²) < 4.78 is 7.48. The maximum absolute atomic E-state index is 12.7. The van der Waals surface area contributed by atoms with Gasteiger partial charge in [-0.15, -0.1) is 11.3 Å². The van der Waals surface area contributed by atoms with Gasteiger partial charge in [-0.2, -0.15) is 5.10 Å². The number of carbonyl (C=O) groups is 1. The van der Waals surface area contributed by atoms with Gasteiger partial charge in [-0.3, -0.25) is 9.59 Å². The Morgan fingerprint density at radius 1 is 1.44 bits per heavy atom. The van der Waals surface area contributed by atoms with Crippen LogP contribution < -0.4 is 5.56 Å². The molecule has 2 aromatic rings. The van der Waals surface area contributed by atoms with Crippen LogP contribution in [0.1, 0.15) is 33.8 Å². The number of aromatic nitrogens is 2. The molecule has 0 saturated carbocycles. The fourth-order valence-corrected chi connectivity index (χ4v) is 4.45. The van der Waals surface area contributed by atoms with Gasteiger partial charge in [-0.05, 0) is 25.0 Å². The zero-order chi connectivity index (χ0) is 17.4. The van der Waals surface area contributed by atoms with Crippen molar-refractivity contribution < 1.29 is 9.53 Å². The van der Waals surface area contributed by atoms with Crippen molar-refractivity contribution in [3.63, 3.8) is 0 Å². The standard InChI is InChI=1S/C17H18ClN3O3S/c18-15-4-3-14(25-15)17(23)20-6-1-2-12(20)9-21-16(22)8-11-10-24-7-5-13(11)19-21/h3-4,8,12H,1-2,5-7,9-10H2. The van der Waals surface area contributed by atoms with E-state index < -0.39 is 0 Å². The fourth-order valence-electron chi connectivity index (χ4n) is 3.45. The predicted octanol–water partition coefficient (Wildman–Crippen LogP) is 2.34. The summed E-state index contributed by atoms with van der Waals surface area (Å²) in [5.74, 6) is -0.0150. The van der Waals surface area contributed by atoms with Crippen molar-refractivity contribution >= 4 is 28.8 Å². The minimum Gasteiger partial charge on any atom is -0.376 e. The van der Waals surface area contributed by atoms with E-state index in [9.17, 15) is 9.59 Å². The smallest absolute Gasteiger partial charge is 0.267 e. The summed E-state index contributed by atoms with van der Waals surface area (Å²) in [6.45, 7) is 2.21. The second kappa shape index (κ2) is 6.90. The van der Waals surface area contributed by atoms with Gasteiger partial charge in [0, 0.05) is 24.6 Å². The summed E-state index contributed by atoms with van der Waals surface area (Å²) >= 11 is 7.24. The molecule has 2 aliphatic rings. The van der Waals surface area contributed by atoms with E-state index in [1.165, 1.54) is 16.0 Å². The summed E-state index contributed by atoms with van der Waals surface area (Å²) in [4.78, 5) is 27.6. The van der Waals surface area contributed by atoms with Gasteiger partial charge in [0.25, 0.3) is 11.5 Å². The number of carbonyl (C=O) groups excluding carboxylic acids is 1. The molecule has 0 bridgehead atoms. The molecule has 0 N–H and O–H groups in total. The molecule has 6 nitrogen and oxygen atoms in total. The van der Waals surface area contributed by atoms with E-state index in [0.29, 0.717) is 35.5 Å². The number of likely N-dealkylation sites (tertiary alicyclic amines) is 1. The summed E-state index contributed by atoms with van der Waals surface area (Å²) in [6, 6.07) is 5.09. The fraction of sp³-hybridized carbons (Fsp3) is 0.471. The summed E-state index contributed by atoms with van der Waals surface area (Å²) in [5, 5.41) is 4.51. The Morgan fingerprint density at radius 3 is 3.12 bits per heavy atom. The zero-order valence-corrected chi connectivity index (χ0v) is 15.2. The lowest BCUT2D eigenvalue weighted by Crippen LogP contribution is -2.41. The highest BCUT2D eigenvalue weighted by Gasteiger charge is 2.31. The van der Waals surface area contributed by atoms with Crippen LogP contribution in [0.15, 0.2) is 23.0 Å². The summed E-state index contributed by atoms with van der Waals surface area (Å²) in [5.41, 5.74) is 1.66. The number of hydrogen-bond donors (Lipinski definition) is 0. The Bertz CT molecular complexity index is 863. The maximum atomic E-state index is 12.7. The molecule has 1 amide bonds. The highest BCUT2D eigenvalue weighted by atomic mass is 35.5. The van der Waals surface area contributed by atoms with Crippen LogP contribution in [-0.4, -0.2) is 39.8 Å². The average molecular weight is 380 g/mol. The Morgan fingerprint density at radius 2 is 2.32 bits per heavy atom. The molecule has 1 unspecified atom stereocenters. The number of halogens is 1. The highest BCUT2D eigenvalue weighted by molar-refractivity contribution is 7.17. The van der Waals surface area contributed by atoms with E-state index in [0.717, 1.165) is 30.5 Å². The molecule has 2 aromatic heterocycles. The summed E-state index contributed by atoms with van der Waals surface area (Å²) in [7, 11) is 0. The Hall–Kier alpha value is -1.70. The summed E-state index contributed by atoms with van der Waals surface area (Å²) in [6.07, 6.45) is 2.53. The third kappa shape index (κ3) is 3.36. The van der Waals surface area contributed by atoms with Gasteiger partial charge >= 0.3 is 0 Å². The van der Waals surface area contributed by atoms with Gasteiger partial charge in [0.05, 0.1) is 40.7 Å². The topological polar surface area (TPSA) is 64.4 Å². The Balaban J connectivity index is 1.55. The van der Waals surface area contributed by atoms with Crippen LogP contribution in [0, 0.1) is 0 Å². The Kier molecular flexibility index (Phi) is 4.62. The normalized spacial score (nSPS) is 19.9. The van der Waals surface area contributed by atoms with Crippen LogP contribution in [-0.2, 0) is 24.3 Å². The predicted molar refractivity (Wildman–Crippen MR) is 95.2 cm³/mol. The van der Waals surface area contributed by atoms with Crippen LogP contribution in [0.25, 0.3) is 0 Å². The maximum Gasteiger partial charge on any atom is 0.267 e. The van der Waals surface area contributed by atoms with Gasteiger partial charge in [0.1, 0.15) is 0 Å². The van der Waals surface area contributed by atoms with E-state index in [2.05, 4.69) is 5.10 Å². The van der Waals surface area contributed by atoms with Gasteiger partial charge in [0.15, 0.2) is 0 Å². The number of fused-ring (bicyclic) bond motifs is 1. The van der Waals surface area contributed by atoms with Crippen molar-refractivity contribution in [2.24, 2.45) is 0 Å². The number of rotatable bonds is 3. The van der Waals surface area contributed by atoms with E-state index in [1.807, 2.05) is 4.90 Å². The molecule has 0 aliphatic carbocycles. The monoisotopic (exact) mass is 379 g/mol. The van der Waals surface area contributed by atoms with Crippen molar-refractivity contribution in [1.82, 2.24) is 14.7 Å². The van der Waals surface area contributed by atoms with Crippen molar-refractivity contribution in [1.29, 1.82) is 0 Å². The second-order valence-electron chi connectivity index (χ2n) is 6.34. The molecule has 0 radical (unpaired) electrons. The molecule has 8 heteroatoms. The molecule has 1 saturated heterocycles. The quantitative estimate of drug-likeness (QED) is 0.821. The molecular weight excluding hydrogens is 362 g/mol. The van der Waals surface area contributed by atoms with Crippen LogP contribution in [0.5, 0.6) is 0 Å². The first kappa shape index (κ1) is 16.8. The van der Waals surface area contributed by atoms with E-state index >= 15 is 0 Å². The van der Waals surface area contributed by atoms with Crippen molar-refractivity contribution in [3.05, 3.63) is 49.0 Å². The molecule has 1 atom stereocenters. The van der Waals surface area contributed by atoms with Gasteiger partial charge < -0.3 is 9.64 Å². The van der Waals surface area contributed by atoms with Crippen molar-refractivity contribution in [2.75, 3.05) is 13.2 Å². The lowest BCUT2D eigenvalue weighted by atomic mass is 10.1. The van der Waals surface area contributed by atoms with Gasteiger partial charge in [-0.1, -0.05) is 11.6 Å². The van der Waals surface area contributed by atoms with Crippen LogP contribution in [0.4, 0.5) is 0 Å². The molecule has 0 aromatic carbocycles. The number of amides is 1. The van der Waals surface area contributed by atoms with E-state index in [-0.39, 0.29) is 17.5 Å². The average Bonchev–Trinajstić information content (AvgIpc) is 3.24. The largest absolute Gasteiger partial charge is 0.376 e. The minimum atomic E-state index is -0.136. The first-order valence-electron chi connectivity index (χ1n) is 8.36. The molecule has 132 valence electrons. The SMILES string of the molecule is O=C(c1ccc(Cl)s1)N1CCCC1Cn1nc2c(cc1=O)COCC2. The van der Waals surface area contributed by atoms with Crippen LogP contribution in [0.2, 0.25) is 4.34 Å². The molecule has 2 aliphatic heterocycles.